The number of alkyl halides is 2. The van der Waals surface area contributed by atoms with Gasteiger partial charge in [0.05, 0.1) is 5.25 Å². The van der Waals surface area contributed by atoms with Crippen LogP contribution in [-0.2, 0) is 10.2 Å². The Labute approximate surface area is 153 Å². The lowest BCUT2D eigenvalue weighted by molar-refractivity contribution is 0.0557. The molecule has 0 bridgehead atoms. The fourth-order valence-electron chi connectivity index (χ4n) is 1.94. The Morgan fingerprint density at radius 1 is 1.04 bits per heavy atom. The summed E-state index contributed by atoms with van der Waals surface area (Å²) in [5.41, 5.74) is -3.54. The summed E-state index contributed by atoms with van der Waals surface area (Å²) in [6, 6.07) is 11.1. The maximum Gasteiger partial charge on any atom is 0.399 e. The SMILES string of the molecule is O=P(O)(O)C(F)(F)c1ccc(C(S)c2ccc(Br)cc2)cc1Br. The van der Waals surface area contributed by atoms with Crippen molar-refractivity contribution < 1.29 is 23.1 Å². The molecule has 0 aliphatic carbocycles. The Morgan fingerprint density at radius 3 is 2.04 bits per heavy atom. The zero-order valence-electron chi connectivity index (χ0n) is 11.3. The first kappa shape index (κ1) is 19.1. The van der Waals surface area contributed by atoms with Crippen LogP contribution in [0.15, 0.2) is 51.4 Å². The summed E-state index contributed by atoms with van der Waals surface area (Å²) >= 11 is 10.8. The normalized spacial score (nSPS) is 13.9. The number of thiol groups is 1. The second kappa shape index (κ2) is 6.94. The van der Waals surface area contributed by atoms with E-state index >= 15 is 0 Å². The molecule has 23 heavy (non-hydrogen) atoms. The molecule has 0 heterocycles. The molecule has 0 amide bonds. The average molecular weight is 488 g/mol. The lowest BCUT2D eigenvalue weighted by Gasteiger charge is -2.20. The van der Waals surface area contributed by atoms with Gasteiger partial charge >= 0.3 is 13.3 Å². The molecule has 2 rings (SSSR count). The number of rotatable bonds is 4. The predicted octanol–water partition coefficient (Wildman–Crippen LogP) is 5.46. The molecule has 0 aliphatic rings. The fraction of sp³-hybridized carbons (Fsp3) is 0.143. The summed E-state index contributed by atoms with van der Waals surface area (Å²) < 4.78 is 39.4. The van der Waals surface area contributed by atoms with Crippen LogP contribution in [0.25, 0.3) is 0 Å². The van der Waals surface area contributed by atoms with E-state index in [1.165, 1.54) is 12.1 Å². The smallest absolute Gasteiger partial charge is 0.320 e. The van der Waals surface area contributed by atoms with Gasteiger partial charge in [-0.2, -0.15) is 21.4 Å². The summed E-state index contributed by atoms with van der Waals surface area (Å²) in [7, 11) is -5.61. The predicted molar refractivity (Wildman–Crippen MR) is 95.1 cm³/mol. The molecule has 124 valence electrons. The Morgan fingerprint density at radius 2 is 1.57 bits per heavy atom. The van der Waals surface area contributed by atoms with Crippen LogP contribution in [0.3, 0.4) is 0 Å². The molecular formula is C14H11Br2F2O3PS. The summed E-state index contributed by atoms with van der Waals surface area (Å²) in [5.74, 6) is 0. The molecule has 2 N–H and O–H groups in total. The Kier molecular flexibility index (Phi) is 5.76. The summed E-state index contributed by atoms with van der Waals surface area (Å²) in [6.07, 6.45) is 0. The van der Waals surface area contributed by atoms with Crippen molar-refractivity contribution >= 4 is 52.1 Å². The number of hydrogen-bond acceptors (Lipinski definition) is 2. The number of halogens is 4. The van der Waals surface area contributed by atoms with Crippen molar-refractivity contribution in [1.82, 2.24) is 0 Å². The summed E-state index contributed by atoms with van der Waals surface area (Å²) in [6.45, 7) is 0. The highest BCUT2D eigenvalue weighted by atomic mass is 79.9. The van der Waals surface area contributed by atoms with E-state index in [2.05, 4.69) is 44.5 Å². The molecule has 0 saturated heterocycles. The van der Waals surface area contributed by atoms with Crippen LogP contribution < -0.4 is 0 Å². The molecule has 2 aromatic carbocycles. The molecular weight excluding hydrogens is 477 g/mol. The zero-order valence-corrected chi connectivity index (χ0v) is 16.3. The number of benzene rings is 2. The van der Waals surface area contributed by atoms with Crippen molar-refractivity contribution in [3.8, 4) is 0 Å². The van der Waals surface area contributed by atoms with Crippen molar-refractivity contribution in [3.63, 3.8) is 0 Å². The maximum atomic E-state index is 13.8. The summed E-state index contributed by atoms with van der Waals surface area (Å²) in [4.78, 5) is 17.7. The largest absolute Gasteiger partial charge is 0.399 e. The van der Waals surface area contributed by atoms with Crippen LogP contribution >= 0.6 is 52.1 Å². The molecule has 1 atom stereocenters. The third-order valence-electron chi connectivity index (χ3n) is 3.18. The average Bonchev–Trinajstić information content (AvgIpc) is 2.45. The van der Waals surface area contributed by atoms with Crippen molar-refractivity contribution in [2.75, 3.05) is 0 Å². The summed E-state index contributed by atoms with van der Waals surface area (Å²) in [5, 5.41) is -0.364. The second-order valence-electron chi connectivity index (χ2n) is 4.78. The van der Waals surface area contributed by atoms with E-state index in [0.717, 1.165) is 16.1 Å². The number of hydrogen-bond donors (Lipinski definition) is 3. The topological polar surface area (TPSA) is 57.5 Å². The van der Waals surface area contributed by atoms with Gasteiger partial charge in [-0.15, -0.1) is 0 Å². The van der Waals surface area contributed by atoms with Gasteiger partial charge in [0.25, 0.3) is 0 Å². The highest BCUT2D eigenvalue weighted by molar-refractivity contribution is 9.10. The lowest BCUT2D eigenvalue weighted by Crippen LogP contribution is -2.14. The molecule has 0 radical (unpaired) electrons. The highest BCUT2D eigenvalue weighted by Crippen LogP contribution is 2.60. The monoisotopic (exact) mass is 486 g/mol. The third-order valence-corrected chi connectivity index (χ3v) is 5.94. The molecule has 0 aliphatic heterocycles. The molecule has 2 aromatic rings. The second-order valence-corrected chi connectivity index (χ2v) is 8.71. The van der Waals surface area contributed by atoms with E-state index in [4.69, 9.17) is 9.79 Å². The van der Waals surface area contributed by atoms with Gasteiger partial charge in [0.2, 0.25) is 0 Å². The van der Waals surface area contributed by atoms with E-state index in [0.29, 0.717) is 5.56 Å². The van der Waals surface area contributed by atoms with Gasteiger partial charge < -0.3 is 9.79 Å². The molecule has 0 aromatic heterocycles. The Bertz CT molecular complexity index is 765. The minimum absolute atomic E-state index is 0.0838. The van der Waals surface area contributed by atoms with Crippen molar-refractivity contribution in [2.24, 2.45) is 0 Å². The maximum absolute atomic E-state index is 13.8. The first-order valence-corrected chi connectivity index (χ1v) is 9.92. The van der Waals surface area contributed by atoms with Gasteiger partial charge in [0.1, 0.15) is 0 Å². The molecule has 0 saturated carbocycles. The molecule has 1 unspecified atom stereocenters. The van der Waals surface area contributed by atoms with Gasteiger partial charge in [-0.3, -0.25) is 4.57 Å². The lowest BCUT2D eigenvalue weighted by atomic mass is 10.0. The first-order chi connectivity index (χ1) is 10.5. The standard InChI is InChI=1S/C14H11Br2F2O3PS/c15-10-4-1-8(2-5-10)13(23)9-3-6-11(12(16)7-9)14(17,18)22(19,20)21/h1-7,13,23H,(H2,19,20,21). The van der Waals surface area contributed by atoms with Gasteiger partial charge in [-0.25, -0.2) is 0 Å². The van der Waals surface area contributed by atoms with Crippen LogP contribution in [0.2, 0.25) is 0 Å². The van der Waals surface area contributed by atoms with Crippen LogP contribution in [-0.4, -0.2) is 9.79 Å². The third kappa shape index (κ3) is 4.06. The van der Waals surface area contributed by atoms with Crippen molar-refractivity contribution in [3.05, 3.63) is 68.1 Å². The quantitative estimate of drug-likeness (QED) is 0.396. The van der Waals surface area contributed by atoms with E-state index in [1.54, 1.807) is 0 Å². The van der Waals surface area contributed by atoms with Crippen molar-refractivity contribution in [2.45, 2.75) is 10.9 Å². The molecule has 9 heteroatoms. The van der Waals surface area contributed by atoms with Crippen LogP contribution in [0.1, 0.15) is 21.9 Å². The first-order valence-electron chi connectivity index (χ1n) is 6.21. The van der Waals surface area contributed by atoms with Crippen molar-refractivity contribution in [1.29, 1.82) is 0 Å². The van der Waals surface area contributed by atoms with Gasteiger partial charge in [-0.05, 0) is 29.3 Å². The molecule has 0 spiro atoms. The molecule has 0 fully saturated rings. The van der Waals surface area contributed by atoms with E-state index in [1.807, 2.05) is 24.3 Å². The Hall–Kier alpha value is -0.240. The van der Waals surface area contributed by atoms with Crippen LogP contribution in [0.4, 0.5) is 8.78 Å². The van der Waals surface area contributed by atoms with E-state index in [9.17, 15) is 13.3 Å². The van der Waals surface area contributed by atoms with Gasteiger partial charge in [-0.1, -0.05) is 56.1 Å². The van der Waals surface area contributed by atoms with E-state index < -0.39 is 18.8 Å². The Balaban J connectivity index is 2.40. The molecule has 3 nitrogen and oxygen atoms in total. The van der Waals surface area contributed by atoms with Gasteiger partial charge in [0.15, 0.2) is 0 Å². The zero-order chi connectivity index (χ0) is 17.4. The van der Waals surface area contributed by atoms with Crippen LogP contribution in [0.5, 0.6) is 0 Å². The van der Waals surface area contributed by atoms with Crippen LogP contribution in [0, 0.1) is 0 Å². The fourth-order valence-corrected chi connectivity index (χ4v) is 3.84. The highest BCUT2D eigenvalue weighted by Gasteiger charge is 2.51. The van der Waals surface area contributed by atoms with E-state index in [-0.39, 0.29) is 9.72 Å². The van der Waals surface area contributed by atoms with Gasteiger partial charge in [0, 0.05) is 14.5 Å². The minimum Gasteiger partial charge on any atom is -0.320 e. The minimum atomic E-state index is -5.61.